The number of ether oxygens (including phenoxy) is 1. The maximum Gasteiger partial charge on any atom is 0.320 e. The van der Waals surface area contributed by atoms with Crippen LogP contribution in [0.1, 0.15) is 19.8 Å². The van der Waals surface area contributed by atoms with E-state index in [1.165, 1.54) is 6.08 Å². The number of aliphatic hydroxyl groups excluding tert-OH is 1. The van der Waals surface area contributed by atoms with Gasteiger partial charge in [0.05, 0.1) is 5.92 Å². The Hall–Kier alpha value is -0.990. The van der Waals surface area contributed by atoms with Gasteiger partial charge in [0.15, 0.2) is 0 Å². The van der Waals surface area contributed by atoms with E-state index in [4.69, 9.17) is 5.11 Å². The van der Waals surface area contributed by atoms with Crippen LogP contribution < -0.4 is 0 Å². The van der Waals surface area contributed by atoms with E-state index in [9.17, 15) is 4.79 Å². The molecule has 1 unspecified atom stereocenters. The molecule has 1 heterocycles. The van der Waals surface area contributed by atoms with Crippen molar-refractivity contribution in [3.8, 4) is 0 Å². The molecule has 3 nitrogen and oxygen atoms in total. The number of hydrogen-bond donors (Lipinski definition) is 1. The molecular formula is C7H10O3. The number of carbonyl (C=O) groups excluding carboxylic acids is 1. The van der Waals surface area contributed by atoms with Gasteiger partial charge in [-0.25, -0.2) is 0 Å². The van der Waals surface area contributed by atoms with Gasteiger partial charge in [-0.2, -0.15) is 0 Å². The van der Waals surface area contributed by atoms with Crippen LogP contribution in [0.4, 0.5) is 0 Å². The standard InChI is InChI=1S/C7H10O3/c1-2-3-5-4-6(8)10-7(5)9/h4-5,8H,2-3H2,1H3. The van der Waals surface area contributed by atoms with Gasteiger partial charge in [-0.15, -0.1) is 0 Å². The zero-order valence-corrected chi connectivity index (χ0v) is 5.83. The number of aliphatic hydroxyl groups is 1. The van der Waals surface area contributed by atoms with E-state index < -0.39 is 0 Å². The number of hydrogen-bond acceptors (Lipinski definition) is 3. The van der Waals surface area contributed by atoms with E-state index in [1.54, 1.807) is 0 Å². The van der Waals surface area contributed by atoms with Crippen LogP contribution >= 0.6 is 0 Å². The Labute approximate surface area is 59.3 Å². The molecule has 0 aliphatic carbocycles. The Balaban J connectivity index is 2.52. The Morgan fingerprint density at radius 2 is 2.50 bits per heavy atom. The molecule has 0 saturated carbocycles. The van der Waals surface area contributed by atoms with E-state index in [0.717, 1.165) is 12.8 Å². The minimum absolute atomic E-state index is 0.218. The van der Waals surface area contributed by atoms with Crippen LogP contribution in [0.25, 0.3) is 0 Å². The number of carbonyl (C=O) groups is 1. The predicted molar refractivity (Wildman–Crippen MR) is 35.2 cm³/mol. The van der Waals surface area contributed by atoms with Gasteiger partial charge in [-0.3, -0.25) is 4.79 Å². The van der Waals surface area contributed by atoms with Gasteiger partial charge < -0.3 is 9.84 Å². The second-order valence-electron chi connectivity index (χ2n) is 2.32. The van der Waals surface area contributed by atoms with Gasteiger partial charge >= 0.3 is 5.97 Å². The van der Waals surface area contributed by atoms with Crippen LogP contribution in [0.5, 0.6) is 0 Å². The molecule has 1 N–H and O–H groups in total. The van der Waals surface area contributed by atoms with Crippen LogP contribution in [-0.4, -0.2) is 11.1 Å². The smallest absolute Gasteiger partial charge is 0.320 e. The van der Waals surface area contributed by atoms with Crippen molar-refractivity contribution in [2.75, 3.05) is 0 Å². The summed E-state index contributed by atoms with van der Waals surface area (Å²) in [6, 6.07) is 0. The highest BCUT2D eigenvalue weighted by atomic mass is 16.6. The second kappa shape index (κ2) is 2.73. The lowest BCUT2D eigenvalue weighted by Gasteiger charge is -1.98. The first-order valence-corrected chi connectivity index (χ1v) is 3.36. The minimum atomic E-state index is -0.334. The molecule has 0 amide bonds. The highest BCUT2D eigenvalue weighted by molar-refractivity contribution is 5.77. The van der Waals surface area contributed by atoms with Crippen LogP contribution in [0, 0.1) is 5.92 Å². The Morgan fingerprint density at radius 3 is 2.90 bits per heavy atom. The van der Waals surface area contributed by atoms with E-state index >= 15 is 0 Å². The summed E-state index contributed by atoms with van der Waals surface area (Å²) >= 11 is 0. The highest BCUT2D eigenvalue weighted by Gasteiger charge is 2.25. The molecule has 0 radical (unpaired) electrons. The molecule has 0 aromatic heterocycles. The largest absolute Gasteiger partial charge is 0.481 e. The lowest BCUT2D eigenvalue weighted by atomic mass is 10.1. The fourth-order valence-electron chi connectivity index (χ4n) is 0.965. The zero-order valence-electron chi connectivity index (χ0n) is 5.83. The summed E-state index contributed by atoms with van der Waals surface area (Å²) in [5.41, 5.74) is 0. The van der Waals surface area contributed by atoms with Crippen molar-refractivity contribution in [2.45, 2.75) is 19.8 Å². The summed E-state index contributed by atoms with van der Waals surface area (Å²) in [5.74, 6) is -0.798. The summed E-state index contributed by atoms with van der Waals surface area (Å²) < 4.78 is 4.40. The third-order valence-electron chi connectivity index (χ3n) is 1.45. The molecule has 1 aliphatic heterocycles. The van der Waals surface area contributed by atoms with Crippen molar-refractivity contribution in [3.63, 3.8) is 0 Å². The lowest BCUT2D eigenvalue weighted by molar-refractivity contribution is -0.143. The lowest BCUT2D eigenvalue weighted by Crippen LogP contribution is -2.07. The molecule has 1 rings (SSSR count). The molecule has 3 heteroatoms. The van der Waals surface area contributed by atoms with Crippen molar-refractivity contribution in [3.05, 3.63) is 12.0 Å². The van der Waals surface area contributed by atoms with Gasteiger partial charge in [-0.1, -0.05) is 13.3 Å². The maximum atomic E-state index is 10.7. The zero-order chi connectivity index (χ0) is 7.56. The van der Waals surface area contributed by atoms with Crippen LogP contribution in [0.3, 0.4) is 0 Å². The molecule has 0 bridgehead atoms. The third kappa shape index (κ3) is 1.29. The maximum absolute atomic E-state index is 10.7. The molecule has 0 saturated heterocycles. The minimum Gasteiger partial charge on any atom is -0.481 e. The molecule has 1 atom stereocenters. The van der Waals surface area contributed by atoms with Crippen molar-refractivity contribution >= 4 is 5.97 Å². The quantitative estimate of drug-likeness (QED) is 0.592. The van der Waals surface area contributed by atoms with Crippen molar-refractivity contribution in [1.82, 2.24) is 0 Å². The molecule has 0 spiro atoms. The van der Waals surface area contributed by atoms with Gasteiger partial charge in [0.1, 0.15) is 0 Å². The summed E-state index contributed by atoms with van der Waals surface area (Å²) in [6.45, 7) is 1.98. The molecule has 10 heavy (non-hydrogen) atoms. The van der Waals surface area contributed by atoms with Crippen LogP contribution in [-0.2, 0) is 9.53 Å². The highest BCUT2D eigenvalue weighted by Crippen LogP contribution is 2.19. The third-order valence-corrected chi connectivity index (χ3v) is 1.45. The van der Waals surface area contributed by atoms with E-state index in [2.05, 4.69) is 4.74 Å². The molecular weight excluding hydrogens is 132 g/mol. The molecule has 0 aromatic rings. The average Bonchev–Trinajstić information content (AvgIpc) is 2.13. The molecule has 56 valence electrons. The fourth-order valence-corrected chi connectivity index (χ4v) is 0.965. The Bertz CT molecular complexity index is 172. The molecule has 0 aromatic carbocycles. The number of esters is 1. The average molecular weight is 142 g/mol. The van der Waals surface area contributed by atoms with Gasteiger partial charge in [0.25, 0.3) is 5.95 Å². The van der Waals surface area contributed by atoms with Gasteiger partial charge in [0.2, 0.25) is 0 Å². The number of rotatable bonds is 2. The van der Waals surface area contributed by atoms with Crippen LogP contribution in [0.15, 0.2) is 12.0 Å². The van der Waals surface area contributed by atoms with Crippen molar-refractivity contribution in [2.24, 2.45) is 5.92 Å². The van der Waals surface area contributed by atoms with E-state index in [-0.39, 0.29) is 17.8 Å². The Kier molecular flexibility index (Phi) is 1.94. The SMILES string of the molecule is CCCC1C=C(O)OC1=O. The first-order chi connectivity index (χ1) is 4.74. The summed E-state index contributed by atoms with van der Waals surface area (Å²) in [6.07, 6.45) is 3.12. The summed E-state index contributed by atoms with van der Waals surface area (Å²) in [5, 5.41) is 8.71. The van der Waals surface area contributed by atoms with E-state index in [1.807, 2.05) is 6.92 Å². The van der Waals surface area contributed by atoms with Crippen molar-refractivity contribution < 1.29 is 14.6 Å². The van der Waals surface area contributed by atoms with Crippen LogP contribution in [0.2, 0.25) is 0 Å². The second-order valence-corrected chi connectivity index (χ2v) is 2.32. The monoisotopic (exact) mass is 142 g/mol. The predicted octanol–water partition coefficient (Wildman–Crippen LogP) is 1.36. The molecule has 1 aliphatic rings. The van der Waals surface area contributed by atoms with Crippen molar-refractivity contribution in [1.29, 1.82) is 0 Å². The summed E-state index contributed by atoms with van der Waals surface area (Å²) in [7, 11) is 0. The van der Waals surface area contributed by atoms with Gasteiger partial charge in [0, 0.05) is 6.08 Å². The van der Waals surface area contributed by atoms with Gasteiger partial charge in [-0.05, 0) is 6.42 Å². The summed E-state index contributed by atoms with van der Waals surface area (Å²) in [4.78, 5) is 10.7. The fraction of sp³-hybridized carbons (Fsp3) is 0.571. The first-order valence-electron chi connectivity index (χ1n) is 3.36. The van der Waals surface area contributed by atoms with E-state index in [0.29, 0.717) is 0 Å². The Morgan fingerprint density at radius 1 is 1.80 bits per heavy atom. The molecule has 0 fully saturated rings. The first kappa shape index (κ1) is 7.12. The number of cyclic esters (lactones) is 1. The topological polar surface area (TPSA) is 46.5 Å². The normalized spacial score (nSPS) is 24.3.